The lowest BCUT2D eigenvalue weighted by atomic mass is 10.3. The first kappa shape index (κ1) is 8.52. The Morgan fingerprint density at radius 2 is 2.64 bits per heavy atom. The van der Waals surface area contributed by atoms with Crippen LogP contribution >= 0.6 is 0 Å². The van der Waals surface area contributed by atoms with Gasteiger partial charge in [-0.05, 0) is 0 Å². The van der Waals surface area contributed by atoms with E-state index < -0.39 is 0 Å². The molecule has 1 heterocycles. The molecule has 1 aliphatic heterocycles. The van der Waals surface area contributed by atoms with Crippen LogP contribution in [0.4, 0.5) is 0 Å². The average Bonchev–Trinajstić information content (AvgIpc) is 2.48. The summed E-state index contributed by atoms with van der Waals surface area (Å²) in [5.41, 5.74) is 0.904. The van der Waals surface area contributed by atoms with Crippen LogP contribution in [-0.4, -0.2) is 43.6 Å². The number of methoxy groups -OCH3 is 1. The topological polar surface area (TPSA) is 41.9 Å². The third-order valence-electron chi connectivity index (χ3n) is 1.50. The van der Waals surface area contributed by atoms with Gasteiger partial charge in [0.2, 0.25) is 0 Å². The maximum absolute atomic E-state index is 8.70. The first-order valence-electron chi connectivity index (χ1n) is 3.56. The van der Waals surface area contributed by atoms with Crippen LogP contribution in [0.15, 0.2) is 11.8 Å². The van der Waals surface area contributed by atoms with Crippen molar-refractivity contribution in [2.45, 2.75) is 0 Å². The highest BCUT2D eigenvalue weighted by Gasteiger charge is 2.13. The molecule has 0 spiro atoms. The summed E-state index contributed by atoms with van der Waals surface area (Å²) >= 11 is 0. The SMILES string of the molecule is COCCN1CC(CO)=CO1. The molecule has 0 bridgehead atoms. The number of nitrogens with zero attached hydrogens (tertiary/aromatic N) is 1. The molecule has 0 aromatic rings. The van der Waals surface area contributed by atoms with E-state index in [1.165, 1.54) is 0 Å². The van der Waals surface area contributed by atoms with Gasteiger partial charge >= 0.3 is 0 Å². The molecule has 0 fully saturated rings. The van der Waals surface area contributed by atoms with Crippen molar-refractivity contribution < 1.29 is 14.7 Å². The first-order chi connectivity index (χ1) is 5.36. The quantitative estimate of drug-likeness (QED) is 0.614. The Morgan fingerprint density at radius 3 is 3.18 bits per heavy atom. The van der Waals surface area contributed by atoms with E-state index in [9.17, 15) is 0 Å². The summed E-state index contributed by atoms with van der Waals surface area (Å²) in [6.45, 7) is 2.13. The predicted octanol–water partition coefficient (Wildman–Crippen LogP) is -0.244. The lowest BCUT2D eigenvalue weighted by Gasteiger charge is -2.12. The van der Waals surface area contributed by atoms with E-state index in [1.807, 2.05) is 0 Å². The largest absolute Gasteiger partial charge is 0.413 e. The lowest BCUT2D eigenvalue weighted by Crippen LogP contribution is -2.24. The van der Waals surface area contributed by atoms with Gasteiger partial charge in [0, 0.05) is 12.7 Å². The molecule has 4 nitrogen and oxygen atoms in total. The molecule has 1 aliphatic rings. The van der Waals surface area contributed by atoms with E-state index in [0.717, 1.165) is 12.1 Å². The van der Waals surface area contributed by atoms with Crippen LogP contribution in [0.25, 0.3) is 0 Å². The molecule has 1 rings (SSSR count). The molecule has 0 saturated carbocycles. The molecule has 64 valence electrons. The number of aliphatic hydroxyl groups is 1. The van der Waals surface area contributed by atoms with Crippen LogP contribution in [0.2, 0.25) is 0 Å². The number of ether oxygens (including phenoxy) is 1. The van der Waals surface area contributed by atoms with Gasteiger partial charge < -0.3 is 14.7 Å². The monoisotopic (exact) mass is 159 g/mol. The standard InChI is InChI=1S/C7H13NO3/c1-10-3-2-8-4-7(5-9)6-11-8/h6,9H,2-5H2,1H3. The Bertz CT molecular complexity index is 147. The Morgan fingerprint density at radius 1 is 1.82 bits per heavy atom. The maximum Gasteiger partial charge on any atom is 0.114 e. The third-order valence-corrected chi connectivity index (χ3v) is 1.50. The van der Waals surface area contributed by atoms with E-state index in [-0.39, 0.29) is 6.61 Å². The fourth-order valence-electron chi connectivity index (χ4n) is 0.862. The zero-order valence-electron chi connectivity index (χ0n) is 6.62. The Balaban J connectivity index is 2.14. The number of aliphatic hydroxyl groups excluding tert-OH is 1. The smallest absolute Gasteiger partial charge is 0.114 e. The summed E-state index contributed by atoms with van der Waals surface area (Å²) in [5.74, 6) is 0. The molecular weight excluding hydrogens is 146 g/mol. The number of rotatable bonds is 4. The van der Waals surface area contributed by atoms with Crippen molar-refractivity contribution in [2.75, 3.05) is 33.4 Å². The van der Waals surface area contributed by atoms with E-state index in [2.05, 4.69) is 0 Å². The number of hydrogen-bond donors (Lipinski definition) is 1. The first-order valence-corrected chi connectivity index (χ1v) is 3.56. The molecule has 11 heavy (non-hydrogen) atoms. The zero-order valence-corrected chi connectivity index (χ0v) is 6.62. The molecule has 0 aromatic carbocycles. The molecule has 4 heteroatoms. The summed E-state index contributed by atoms with van der Waals surface area (Å²) in [6, 6.07) is 0. The lowest BCUT2D eigenvalue weighted by molar-refractivity contribution is -0.0866. The highest BCUT2D eigenvalue weighted by atomic mass is 16.7. The number of hydroxylamine groups is 2. The van der Waals surface area contributed by atoms with Crippen molar-refractivity contribution in [2.24, 2.45) is 0 Å². The Labute approximate surface area is 66.0 Å². The van der Waals surface area contributed by atoms with Crippen molar-refractivity contribution in [3.05, 3.63) is 11.8 Å². The van der Waals surface area contributed by atoms with Crippen molar-refractivity contribution in [3.8, 4) is 0 Å². The van der Waals surface area contributed by atoms with Crippen LogP contribution in [0.1, 0.15) is 0 Å². The fraction of sp³-hybridized carbons (Fsp3) is 0.714. The summed E-state index contributed by atoms with van der Waals surface area (Å²) in [4.78, 5) is 5.09. The number of hydrogen-bond acceptors (Lipinski definition) is 4. The van der Waals surface area contributed by atoms with Gasteiger partial charge in [-0.25, -0.2) is 0 Å². The molecule has 0 amide bonds. The highest BCUT2D eigenvalue weighted by Crippen LogP contribution is 2.08. The zero-order chi connectivity index (χ0) is 8.10. The van der Waals surface area contributed by atoms with Gasteiger partial charge in [0.15, 0.2) is 0 Å². The molecule has 0 aromatic heterocycles. The van der Waals surface area contributed by atoms with Crippen molar-refractivity contribution in [1.82, 2.24) is 5.06 Å². The second kappa shape index (κ2) is 4.33. The van der Waals surface area contributed by atoms with Crippen molar-refractivity contribution >= 4 is 0 Å². The summed E-state index contributed by atoms with van der Waals surface area (Å²) < 4.78 is 4.87. The van der Waals surface area contributed by atoms with Gasteiger partial charge in [-0.15, -0.1) is 5.06 Å². The molecule has 0 radical (unpaired) electrons. The summed E-state index contributed by atoms with van der Waals surface area (Å²) in [5, 5.41) is 10.4. The average molecular weight is 159 g/mol. The van der Waals surface area contributed by atoms with E-state index >= 15 is 0 Å². The van der Waals surface area contributed by atoms with E-state index in [0.29, 0.717) is 13.2 Å². The van der Waals surface area contributed by atoms with Crippen LogP contribution in [0.5, 0.6) is 0 Å². The maximum atomic E-state index is 8.70. The van der Waals surface area contributed by atoms with Crippen LogP contribution in [0.3, 0.4) is 0 Å². The molecule has 0 unspecified atom stereocenters. The van der Waals surface area contributed by atoms with Gasteiger partial charge in [0.1, 0.15) is 6.26 Å². The second-order valence-electron chi connectivity index (χ2n) is 2.40. The van der Waals surface area contributed by atoms with Gasteiger partial charge in [-0.1, -0.05) is 0 Å². The Kier molecular flexibility index (Phi) is 3.35. The van der Waals surface area contributed by atoms with Crippen LogP contribution in [0, 0.1) is 0 Å². The van der Waals surface area contributed by atoms with Gasteiger partial charge in [-0.3, -0.25) is 0 Å². The van der Waals surface area contributed by atoms with Gasteiger partial charge in [0.25, 0.3) is 0 Å². The second-order valence-corrected chi connectivity index (χ2v) is 2.40. The minimum atomic E-state index is 0.0729. The minimum Gasteiger partial charge on any atom is -0.413 e. The normalized spacial score (nSPS) is 18.2. The van der Waals surface area contributed by atoms with Gasteiger partial charge in [-0.2, -0.15) is 0 Å². The predicted molar refractivity (Wildman–Crippen MR) is 39.7 cm³/mol. The summed E-state index contributed by atoms with van der Waals surface area (Å²) in [6.07, 6.45) is 1.58. The third kappa shape index (κ3) is 2.49. The molecule has 0 atom stereocenters. The molecule has 0 aliphatic carbocycles. The van der Waals surface area contributed by atoms with Crippen molar-refractivity contribution in [1.29, 1.82) is 0 Å². The summed E-state index contributed by atoms with van der Waals surface area (Å²) in [7, 11) is 1.65. The minimum absolute atomic E-state index is 0.0729. The van der Waals surface area contributed by atoms with Crippen LogP contribution < -0.4 is 0 Å². The fourth-order valence-corrected chi connectivity index (χ4v) is 0.862. The van der Waals surface area contributed by atoms with E-state index in [4.69, 9.17) is 14.7 Å². The highest BCUT2D eigenvalue weighted by molar-refractivity contribution is 5.03. The molecule has 1 N–H and O–H groups in total. The van der Waals surface area contributed by atoms with Crippen LogP contribution in [-0.2, 0) is 9.57 Å². The van der Waals surface area contributed by atoms with Gasteiger partial charge in [0.05, 0.1) is 26.3 Å². The molecular formula is C7H13NO3. The Hall–Kier alpha value is -0.580. The van der Waals surface area contributed by atoms with Crippen molar-refractivity contribution in [3.63, 3.8) is 0 Å². The van der Waals surface area contributed by atoms with E-state index in [1.54, 1.807) is 18.4 Å². The molecule has 0 saturated heterocycles.